The zero-order valence-electron chi connectivity index (χ0n) is 12.5. The fraction of sp³-hybridized carbons (Fsp3) is 0.786. The topological polar surface area (TPSA) is 68.5 Å². The Morgan fingerprint density at radius 2 is 2.15 bits per heavy atom. The Morgan fingerprint density at radius 1 is 1.45 bits per heavy atom. The van der Waals surface area contributed by atoms with Crippen molar-refractivity contribution in [3.63, 3.8) is 0 Å². The Labute approximate surface area is 119 Å². The highest BCUT2D eigenvalue weighted by molar-refractivity contribution is 5.71. The maximum atomic E-state index is 11.6. The monoisotopic (exact) mass is 281 g/mol. The maximum absolute atomic E-state index is 11.6. The molecule has 0 amide bonds. The van der Waals surface area contributed by atoms with Crippen molar-refractivity contribution in [3.05, 3.63) is 11.7 Å². The first kappa shape index (κ1) is 15.0. The molecule has 112 valence electrons. The molecule has 1 fully saturated rings. The Hall–Kier alpha value is -1.43. The normalized spacial score (nSPS) is 16.2. The molecule has 0 atom stereocenters. The molecule has 0 unspecified atom stereocenters. The fourth-order valence-electron chi connectivity index (χ4n) is 2.55. The van der Waals surface area contributed by atoms with Crippen LogP contribution in [0.25, 0.3) is 0 Å². The molecule has 1 aliphatic rings. The van der Waals surface area contributed by atoms with Crippen LogP contribution in [-0.4, -0.2) is 40.7 Å². The first-order valence-electron chi connectivity index (χ1n) is 7.23. The van der Waals surface area contributed by atoms with Crippen LogP contribution < -0.4 is 0 Å². The van der Waals surface area contributed by atoms with Crippen molar-refractivity contribution in [3.8, 4) is 0 Å². The first-order valence-corrected chi connectivity index (χ1v) is 7.23. The summed E-state index contributed by atoms with van der Waals surface area (Å²) < 4.78 is 10.1. The molecule has 0 bridgehead atoms. The van der Waals surface area contributed by atoms with Crippen LogP contribution in [0.5, 0.6) is 0 Å². The van der Waals surface area contributed by atoms with E-state index in [4.69, 9.17) is 9.26 Å². The number of rotatable bonds is 6. The summed E-state index contributed by atoms with van der Waals surface area (Å²) in [5, 5.41) is 3.97. The highest BCUT2D eigenvalue weighted by atomic mass is 16.5. The molecule has 1 heterocycles. The number of methoxy groups -OCH3 is 1. The molecule has 20 heavy (non-hydrogen) atoms. The number of esters is 1. The second kappa shape index (κ2) is 6.83. The molecular formula is C14H23N3O3. The summed E-state index contributed by atoms with van der Waals surface area (Å²) in [6, 6.07) is 0.406. The van der Waals surface area contributed by atoms with Crippen molar-refractivity contribution >= 4 is 5.97 Å². The van der Waals surface area contributed by atoms with Crippen LogP contribution in [0.1, 0.15) is 57.2 Å². The van der Waals surface area contributed by atoms with Gasteiger partial charge < -0.3 is 9.26 Å². The van der Waals surface area contributed by atoms with E-state index in [2.05, 4.69) is 15.0 Å². The zero-order valence-corrected chi connectivity index (χ0v) is 12.5. The number of carbonyl (C=O) groups excluding carboxylic acids is 1. The van der Waals surface area contributed by atoms with Crippen molar-refractivity contribution in [2.45, 2.75) is 58.0 Å². The van der Waals surface area contributed by atoms with Gasteiger partial charge in [0.15, 0.2) is 5.82 Å². The molecule has 0 aromatic carbocycles. The molecule has 6 heteroatoms. The van der Waals surface area contributed by atoms with Crippen LogP contribution in [0.4, 0.5) is 0 Å². The van der Waals surface area contributed by atoms with E-state index >= 15 is 0 Å². The molecule has 0 radical (unpaired) electrons. The maximum Gasteiger partial charge on any atom is 0.319 e. The first-order chi connectivity index (χ1) is 9.60. The van der Waals surface area contributed by atoms with Gasteiger partial charge in [0.2, 0.25) is 5.89 Å². The number of ether oxygens (including phenoxy) is 1. The van der Waals surface area contributed by atoms with Gasteiger partial charge in [-0.25, -0.2) is 0 Å². The molecule has 0 spiro atoms. The highest BCUT2D eigenvalue weighted by Crippen LogP contribution is 2.24. The van der Waals surface area contributed by atoms with Crippen LogP contribution >= 0.6 is 0 Å². The predicted octanol–water partition coefficient (Wildman–Crippen LogP) is 2.11. The van der Waals surface area contributed by atoms with Gasteiger partial charge in [-0.2, -0.15) is 4.98 Å². The van der Waals surface area contributed by atoms with Gasteiger partial charge in [0, 0.05) is 12.0 Å². The van der Waals surface area contributed by atoms with Gasteiger partial charge >= 0.3 is 5.97 Å². The minimum Gasteiger partial charge on any atom is -0.468 e. The molecule has 1 saturated carbocycles. The van der Waals surface area contributed by atoms with Crippen molar-refractivity contribution < 1.29 is 14.1 Å². The summed E-state index contributed by atoms with van der Waals surface area (Å²) in [6.07, 6.45) is 4.65. The van der Waals surface area contributed by atoms with Crippen molar-refractivity contribution in [2.75, 3.05) is 13.7 Å². The minimum absolute atomic E-state index is 0.222. The third-order valence-corrected chi connectivity index (χ3v) is 3.74. The molecule has 1 aromatic heterocycles. The Morgan fingerprint density at radius 3 is 2.70 bits per heavy atom. The van der Waals surface area contributed by atoms with Gasteiger partial charge in [-0.1, -0.05) is 31.8 Å². The second-order valence-corrected chi connectivity index (χ2v) is 5.62. The lowest BCUT2D eigenvalue weighted by Gasteiger charge is -2.25. The Balaban J connectivity index is 2.03. The molecule has 0 aliphatic heterocycles. The van der Waals surface area contributed by atoms with Crippen LogP contribution in [0.2, 0.25) is 0 Å². The van der Waals surface area contributed by atoms with Crippen LogP contribution in [-0.2, 0) is 16.1 Å². The SMILES string of the molecule is COC(=O)CN(Cc1nc(C(C)C)no1)C1CCCC1. The molecule has 1 aliphatic carbocycles. The second-order valence-electron chi connectivity index (χ2n) is 5.62. The largest absolute Gasteiger partial charge is 0.468 e. The number of carbonyl (C=O) groups is 1. The molecule has 1 aromatic rings. The van der Waals surface area contributed by atoms with Gasteiger partial charge in [-0.15, -0.1) is 0 Å². The fourth-order valence-corrected chi connectivity index (χ4v) is 2.55. The quantitative estimate of drug-likeness (QED) is 0.744. The van der Waals surface area contributed by atoms with E-state index in [1.54, 1.807) is 0 Å². The van der Waals surface area contributed by atoms with Gasteiger partial charge in [0.05, 0.1) is 20.2 Å². The zero-order chi connectivity index (χ0) is 14.5. The third-order valence-electron chi connectivity index (χ3n) is 3.74. The highest BCUT2D eigenvalue weighted by Gasteiger charge is 2.26. The van der Waals surface area contributed by atoms with Crippen LogP contribution in [0, 0.1) is 0 Å². The summed E-state index contributed by atoms with van der Waals surface area (Å²) in [5.74, 6) is 1.31. The molecule has 0 saturated heterocycles. The third kappa shape index (κ3) is 3.79. The molecule has 0 N–H and O–H groups in total. The van der Waals surface area contributed by atoms with E-state index in [-0.39, 0.29) is 18.4 Å². The molecule has 6 nitrogen and oxygen atoms in total. The smallest absolute Gasteiger partial charge is 0.319 e. The summed E-state index contributed by atoms with van der Waals surface area (Å²) in [6.45, 7) is 4.84. The number of hydrogen-bond donors (Lipinski definition) is 0. The van der Waals surface area contributed by atoms with E-state index in [0.29, 0.717) is 24.3 Å². The Bertz CT molecular complexity index is 439. The average molecular weight is 281 g/mol. The lowest BCUT2D eigenvalue weighted by Crippen LogP contribution is -2.37. The van der Waals surface area contributed by atoms with E-state index in [1.165, 1.54) is 20.0 Å². The van der Waals surface area contributed by atoms with Gasteiger partial charge in [-0.3, -0.25) is 9.69 Å². The van der Waals surface area contributed by atoms with Crippen molar-refractivity contribution in [2.24, 2.45) is 0 Å². The van der Waals surface area contributed by atoms with E-state index in [1.807, 2.05) is 13.8 Å². The number of hydrogen-bond acceptors (Lipinski definition) is 6. The van der Waals surface area contributed by atoms with Crippen molar-refractivity contribution in [1.82, 2.24) is 15.0 Å². The standard InChI is InChI=1S/C14H23N3O3/c1-10(2)14-15-12(20-16-14)8-17(9-13(18)19-3)11-6-4-5-7-11/h10-11H,4-9H2,1-3H3. The minimum atomic E-state index is -0.222. The summed E-state index contributed by atoms with van der Waals surface area (Å²) in [4.78, 5) is 18.0. The lowest BCUT2D eigenvalue weighted by atomic mass is 10.2. The van der Waals surface area contributed by atoms with E-state index in [0.717, 1.165) is 12.8 Å². The van der Waals surface area contributed by atoms with Crippen molar-refractivity contribution in [1.29, 1.82) is 0 Å². The molecule has 2 rings (SSSR count). The molecular weight excluding hydrogens is 258 g/mol. The average Bonchev–Trinajstić information content (AvgIpc) is 3.08. The van der Waals surface area contributed by atoms with Gasteiger partial charge in [-0.05, 0) is 12.8 Å². The van der Waals surface area contributed by atoms with Gasteiger partial charge in [0.25, 0.3) is 0 Å². The number of aromatic nitrogens is 2. The van der Waals surface area contributed by atoms with Crippen LogP contribution in [0.15, 0.2) is 4.52 Å². The summed E-state index contributed by atoms with van der Waals surface area (Å²) >= 11 is 0. The summed E-state index contributed by atoms with van der Waals surface area (Å²) in [5.41, 5.74) is 0. The predicted molar refractivity (Wildman–Crippen MR) is 73.1 cm³/mol. The van der Waals surface area contributed by atoms with E-state index in [9.17, 15) is 4.79 Å². The number of nitrogens with zero attached hydrogens (tertiary/aromatic N) is 3. The van der Waals surface area contributed by atoms with Gasteiger partial charge in [0.1, 0.15) is 0 Å². The Kier molecular flexibility index (Phi) is 5.11. The van der Waals surface area contributed by atoms with Crippen LogP contribution in [0.3, 0.4) is 0 Å². The lowest BCUT2D eigenvalue weighted by molar-refractivity contribution is -0.142. The summed E-state index contributed by atoms with van der Waals surface area (Å²) in [7, 11) is 1.42. The van der Waals surface area contributed by atoms with E-state index < -0.39 is 0 Å².